The Morgan fingerprint density at radius 3 is 2.27 bits per heavy atom. The van der Waals surface area contributed by atoms with Crippen LogP contribution in [0.2, 0.25) is 0 Å². The Labute approximate surface area is 195 Å². The highest BCUT2D eigenvalue weighted by Crippen LogP contribution is 2.25. The van der Waals surface area contributed by atoms with Gasteiger partial charge in [-0.05, 0) is 62.5 Å². The lowest BCUT2D eigenvalue weighted by molar-refractivity contribution is 0.0960. The number of nitrogen functional groups attached to an aromatic ring is 1. The van der Waals surface area contributed by atoms with Crippen molar-refractivity contribution in [2.24, 2.45) is 0 Å². The predicted molar refractivity (Wildman–Crippen MR) is 129 cm³/mol. The maximum Gasteiger partial charge on any atom is 0.332 e. The quantitative estimate of drug-likeness (QED) is 0.381. The van der Waals surface area contributed by atoms with Crippen LogP contribution in [0.1, 0.15) is 36.7 Å². The van der Waals surface area contributed by atoms with E-state index in [4.69, 9.17) is 5.73 Å². The standard InChI is InChI=1S/C24H27FN4O3S/c1-4-27-23(31)21(20(30)15-29(16(2)3)33-19-8-6-5-7-9-19)22(26)28(24(27)32)14-17-10-12-18(25)13-11-17/h5-13,16H,4,14-15,26H2,1-3H3. The molecule has 0 spiro atoms. The first-order valence-electron chi connectivity index (χ1n) is 10.6. The van der Waals surface area contributed by atoms with Gasteiger partial charge in [-0.25, -0.2) is 13.5 Å². The molecule has 0 amide bonds. The van der Waals surface area contributed by atoms with Gasteiger partial charge >= 0.3 is 5.69 Å². The summed E-state index contributed by atoms with van der Waals surface area (Å²) in [5, 5.41) is 0. The van der Waals surface area contributed by atoms with E-state index in [0.29, 0.717) is 5.56 Å². The SMILES string of the molecule is CCn1c(=O)c(C(=O)CN(Sc2ccccc2)C(C)C)c(N)n(Cc2ccc(F)cc2)c1=O. The molecular formula is C24H27FN4O3S. The van der Waals surface area contributed by atoms with E-state index >= 15 is 0 Å². The summed E-state index contributed by atoms with van der Waals surface area (Å²) in [5.41, 5.74) is 5.32. The van der Waals surface area contributed by atoms with Crippen molar-refractivity contribution < 1.29 is 9.18 Å². The molecule has 7 nitrogen and oxygen atoms in total. The van der Waals surface area contributed by atoms with Gasteiger partial charge < -0.3 is 5.73 Å². The zero-order valence-corrected chi connectivity index (χ0v) is 19.6. The fraction of sp³-hybridized carbons (Fsp3) is 0.292. The zero-order valence-electron chi connectivity index (χ0n) is 18.8. The molecule has 0 aliphatic rings. The first-order valence-corrected chi connectivity index (χ1v) is 11.4. The number of ketones is 1. The van der Waals surface area contributed by atoms with Crippen molar-refractivity contribution in [2.45, 2.75) is 44.8 Å². The van der Waals surface area contributed by atoms with Crippen LogP contribution in [0.15, 0.2) is 69.1 Å². The number of nitrogens with zero attached hydrogens (tertiary/aromatic N) is 3. The molecule has 9 heteroatoms. The van der Waals surface area contributed by atoms with Crippen molar-refractivity contribution in [3.05, 3.63) is 92.4 Å². The van der Waals surface area contributed by atoms with Crippen LogP contribution in [0.25, 0.3) is 0 Å². The van der Waals surface area contributed by atoms with Crippen molar-refractivity contribution in [3.8, 4) is 0 Å². The number of halogens is 1. The largest absolute Gasteiger partial charge is 0.384 e. The summed E-state index contributed by atoms with van der Waals surface area (Å²) < 4.78 is 17.3. The lowest BCUT2D eigenvalue weighted by Crippen LogP contribution is -2.45. The van der Waals surface area contributed by atoms with Gasteiger partial charge in [0.2, 0.25) is 0 Å². The van der Waals surface area contributed by atoms with Crippen molar-refractivity contribution >= 4 is 23.5 Å². The van der Waals surface area contributed by atoms with Crippen LogP contribution in [0.4, 0.5) is 10.2 Å². The molecule has 1 heterocycles. The van der Waals surface area contributed by atoms with Crippen molar-refractivity contribution in [3.63, 3.8) is 0 Å². The Morgan fingerprint density at radius 1 is 1.06 bits per heavy atom. The molecule has 1 aromatic heterocycles. The number of hydrogen-bond donors (Lipinski definition) is 1. The van der Waals surface area contributed by atoms with Gasteiger partial charge in [0.15, 0.2) is 5.78 Å². The van der Waals surface area contributed by atoms with Gasteiger partial charge in [0, 0.05) is 17.5 Å². The lowest BCUT2D eigenvalue weighted by atomic mass is 10.1. The van der Waals surface area contributed by atoms with E-state index < -0.39 is 22.8 Å². The molecule has 0 saturated carbocycles. The number of Topliss-reactive ketones (excluding diaryl/α,β-unsaturated/α-hetero) is 1. The second kappa shape index (κ2) is 10.6. The predicted octanol–water partition coefficient (Wildman–Crippen LogP) is 3.40. The van der Waals surface area contributed by atoms with Gasteiger partial charge in [-0.2, -0.15) is 0 Å². The molecule has 2 aromatic carbocycles. The number of carbonyl (C=O) groups excluding carboxylic acids is 1. The van der Waals surface area contributed by atoms with Gasteiger partial charge in [0.05, 0.1) is 13.1 Å². The van der Waals surface area contributed by atoms with Crippen LogP contribution < -0.4 is 17.0 Å². The third-order valence-corrected chi connectivity index (χ3v) is 6.43. The summed E-state index contributed by atoms with van der Waals surface area (Å²) >= 11 is 1.41. The average Bonchev–Trinajstić information content (AvgIpc) is 2.78. The van der Waals surface area contributed by atoms with Crippen LogP contribution in [-0.2, 0) is 13.1 Å². The third kappa shape index (κ3) is 5.61. The first-order chi connectivity index (χ1) is 15.7. The summed E-state index contributed by atoms with van der Waals surface area (Å²) in [6, 6.07) is 15.2. The molecule has 0 saturated heterocycles. The smallest absolute Gasteiger partial charge is 0.332 e. The molecule has 33 heavy (non-hydrogen) atoms. The molecule has 174 valence electrons. The van der Waals surface area contributed by atoms with Crippen LogP contribution in [0.3, 0.4) is 0 Å². The van der Waals surface area contributed by atoms with Crippen LogP contribution in [0, 0.1) is 5.82 Å². The van der Waals surface area contributed by atoms with E-state index in [1.165, 1.54) is 40.8 Å². The highest BCUT2D eigenvalue weighted by molar-refractivity contribution is 7.97. The number of carbonyl (C=O) groups is 1. The molecule has 3 rings (SSSR count). The maximum absolute atomic E-state index is 13.3. The minimum atomic E-state index is -0.700. The van der Waals surface area contributed by atoms with Gasteiger partial charge in [0.25, 0.3) is 5.56 Å². The fourth-order valence-corrected chi connectivity index (χ4v) is 4.28. The van der Waals surface area contributed by atoms with Crippen LogP contribution >= 0.6 is 11.9 Å². The molecule has 3 aromatic rings. The Kier molecular flexibility index (Phi) is 7.88. The van der Waals surface area contributed by atoms with Crippen molar-refractivity contribution in [1.82, 2.24) is 13.4 Å². The number of anilines is 1. The molecule has 0 radical (unpaired) electrons. The highest BCUT2D eigenvalue weighted by atomic mass is 32.2. The normalized spacial score (nSPS) is 11.3. The molecular weight excluding hydrogens is 443 g/mol. The Bertz CT molecular complexity index is 1240. The van der Waals surface area contributed by atoms with Gasteiger partial charge in [-0.15, -0.1) is 0 Å². The molecule has 0 unspecified atom stereocenters. The Hall–Kier alpha value is -3.17. The van der Waals surface area contributed by atoms with Crippen LogP contribution in [-0.4, -0.2) is 31.8 Å². The van der Waals surface area contributed by atoms with Crippen molar-refractivity contribution in [1.29, 1.82) is 0 Å². The van der Waals surface area contributed by atoms with E-state index in [0.717, 1.165) is 9.46 Å². The summed E-state index contributed by atoms with van der Waals surface area (Å²) in [6.45, 7) is 5.60. The lowest BCUT2D eigenvalue weighted by Gasteiger charge is -2.25. The first kappa shape index (κ1) is 24.5. The fourth-order valence-electron chi connectivity index (χ4n) is 3.34. The monoisotopic (exact) mass is 470 g/mol. The number of aromatic nitrogens is 2. The highest BCUT2D eigenvalue weighted by Gasteiger charge is 2.25. The molecule has 0 bridgehead atoms. The molecule has 2 N–H and O–H groups in total. The van der Waals surface area contributed by atoms with Gasteiger partial charge in [0.1, 0.15) is 17.2 Å². The third-order valence-electron chi connectivity index (χ3n) is 5.16. The molecule has 0 aliphatic carbocycles. The average molecular weight is 471 g/mol. The van der Waals surface area contributed by atoms with Gasteiger partial charge in [-0.1, -0.05) is 30.3 Å². The summed E-state index contributed by atoms with van der Waals surface area (Å²) in [6.07, 6.45) is 0. The summed E-state index contributed by atoms with van der Waals surface area (Å²) in [5.74, 6) is -1.06. The van der Waals surface area contributed by atoms with E-state index in [9.17, 15) is 18.8 Å². The Balaban J connectivity index is 2.00. The van der Waals surface area contributed by atoms with Crippen LogP contribution in [0.5, 0.6) is 0 Å². The zero-order chi connectivity index (χ0) is 24.1. The minimum Gasteiger partial charge on any atom is -0.384 e. The second-order valence-corrected chi connectivity index (χ2v) is 8.92. The number of nitrogens with two attached hydrogens (primary N) is 1. The van der Waals surface area contributed by atoms with Gasteiger partial charge in [-0.3, -0.25) is 18.7 Å². The minimum absolute atomic E-state index is 0.00102. The summed E-state index contributed by atoms with van der Waals surface area (Å²) in [7, 11) is 0. The maximum atomic E-state index is 13.3. The van der Waals surface area contributed by atoms with E-state index in [1.807, 2.05) is 48.5 Å². The number of benzene rings is 2. The molecule has 0 aliphatic heterocycles. The second-order valence-electron chi connectivity index (χ2n) is 7.80. The molecule has 0 atom stereocenters. The Morgan fingerprint density at radius 2 is 1.70 bits per heavy atom. The number of hydrogen-bond acceptors (Lipinski definition) is 6. The number of rotatable bonds is 9. The van der Waals surface area contributed by atoms with E-state index in [-0.39, 0.29) is 37.1 Å². The molecule has 0 fully saturated rings. The van der Waals surface area contributed by atoms with E-state index in [2.05, 4.69) is 0 Å². The summed E-state index contributed by atoms with van der Waals surface area (Å²) in [4.78, 5) is 40.2. The van der Waals surface area contributed by atoms with E-state index in [1.54, 1.807) is 6.92 Å². The topological polar surface area (TPSA) is 90.3 Å². The van der Waals surface area contributed by atoms with Crippen molar-refractivity contribution in [2.75, 3.05) is 12.3 Å².